The molecule has 0 atom stereocenters. The van der Waals surface area contributed by atoms with E-state index >= 15 is 0 Å². The smallest absolute Gasteiger partial charge is 0.0731 e. The molecule has 0 amide bonds. The standard InChI is InChI=1S/C19H14Cl2O/c1-11-4-2-3-5-14(11)19-16-7-13(20)8-18(21)15(16)6-12-9-22-10-17(12)19/h2-8H,9-10H2,1H3. The highest BCUT2D eigenvalue weighted by atomic mass is 35.5. The zero-order chi connectivity index (χ0) is 15.3. The molecule has 0 unspecified atom stereocenters. The van der Waals surface area contributed by atoms with Crippen LogP contribution in [0.2, 0.25) is 10.0 Å². The monoisotopic (exact) mass is 328 g/mol. The number of fused-ring (bicyclic) bond motifs is 2. The van der Waals surface area contributed by atoms with Crippen LogP contribution in [0.25, 0.3) is 21.9 Å². The Kier molecular flexibility index (Phi) is 3.37. The Morgan fingerprint density at radius 3 is 2.59 bits per heavy atom. The average molecular weight is 329 g/mol. The molecule has 0 saturated carbocycles. The molecule has 3 heteroatoms. The molecule has 0 N–H and O–H groups in total. The molecule has 110 valence electrons. The lowest BCUT2D eigenvalue weighted by molar-refractivity contribution is 0.134. The topological polar surface area (TPSA) is 9.23 Å². The number of hydrogen-bond acceptors (Lipinski definition) is 1. The average Bonchev–Trinajstić information content (AvgIpc) is 2.94. The number of hydrogen-bond donors (Lipinski definition) is 0. The molecule has 3 aromatic carbocycles. The molecule has 0 radical (unpaired) electrons. The summed E-state index contributed by atoms with van der Waals surface area (Å²) in [5, 5.41) is 3.47. The van der Waals surface area contributed by atoms with E-state index in [1.54, 1.807) is 6.07 Å². The Morgan fingerprint density at radius 2 is 1.77 bits per heavy atom. The molecule has 0 fully saturated rings. The van der Waals surface area contributed by atoms with Gasteiger partial charge in [0.1, 0.15) is 0 Å². The molecule has 4 rings (SSSR count). The minimum absolute atomic E-state index is 0.638. The van der Waals surface area contributed by atoms with Crippen LogP contribution in [0.1, 0.15) is 16.7 Å². The van der Waals surface area contributed by atoms with Gasteiger partial charge in [0.25, 0.3) is 0 Å². The van der Waals surface area contributed by atoms with Crippen molar-refractivity contribution < 1.29 is 4.74 Å². The van der Waals surface area contributed by atoms with Crippen LogP contribution in [-0.2, 0) is 18.0 Å². The van der Waals surface area contributed by atoms with Gasteiger partial charge in [0.15, 0.2) is 0 Å². The number of rotatable bonds is 1. The summed E-state index contributed by atoms with van der Waals surface area (Å²) in [5.74, 6) is 0. The first-order chi connectivity index (χ1) is 10.6. The SMILES string of the molecule is Cc1ccccc1-c1c2c(cc3c(Cl)cc(Cl)cc13)COC2. The van der Waals surface area contributed by atoms with Crippen molar-refractivity contribution in [1.82, 2.24) is 0 Å². The lowest BCUT2D eigenvalue weighted by Gasteiger charge is -2.15. The normalized spacial score (nSPS) is 13.6. The minimum atomic E-state index is 0.638. The lowest BCUT2D eigenvalue weighted by Crippen LogP contribution is -1.94. The maximum absolute atomic E-state index is 6.44. The summed E-state index contributed by atoms with van der Waals surface area (Å²) in [6, 6.07) is 14.3. The van der Waals surface area contributed by atoms with Crippen LogP contribution in [0.15, 0.2) is 42.5 Å². The van der Waals surface area contributed by atoms with E-state index in [2.05, 4.69) is 37.3 Å². The molecule has 0 aliphatic carbocycles. The quantitative estimate of drug-likeness (QED) is 0.520. The Labute approximate surface area is 139 Å². The fourth-order valence-corrected chi connectivity index (χ4v) is 3.79. The van der Waals surface area contributed by atoms with Crippen molar-refractivity contribution in [1.29, 1.82) is 0 Å². The Hall–Kier alpha value is -1.54. The molecule has 0 bridgehead atoms. The maximum atomic E-state index is 6.44. The fourth-order valence-electron chi connectivity index (χ4n) is 3.24. The summed E-state index contributed by atoms with van der Waals surface area (Å²) in [7, 11) is 0. The number of aryl methyl sites for hydroxylation is 1. The van der Waals surface area contributed by atoms with Crippen molar-refractivity contribution in [2.24, 2.45) is 0 Å². The fraction of sp³-hybridized carbons (Fsp3) is 0.158. The van der Waals surface area contributed by atoms with Crippen LogP contribution in [0.5, 0.6) is 0 Å². The number of ether oxygens (including phenoxy) is 1. The first kappa shape index (κ1) is 14.1. The summed E-state index contributed by atoms with van der Waals surface area (Å²) >= 11 is 12.7. The first-order valence-corrected chi connectivity index (χ1v) is 7.98. The molecule has 0 saturated heterocycles. The molecule has 1 aliphatic heterocycles. The van der Waals surface area contributed by atoms with E-state index in [9.17, 15) is 0 Å². The molecule has 0 aromatic heterocycles. The maximum Gasteiger partial charge on any atom is 0.0731 e. The van der Waals surface area contributed by atoms with Gasteiger partial charge in [0.05, 0.1) is 13.2 Å². The van der Waals surface area contributed by atoms with E-state index in [0.29, 0.717) is 23.3 Å². The first-order valence-electron chi connectivity index (χ1n) is 7.22. The summed E-state index contributed by atoms with van der Waals surface area (Å²) in [6.07, 6.45) is 0. The van der Waals surface area contributed by atoms with E-state index in [1.165, 1.54) is 27.8 Å². The van der Waals surface area contributed by atoms with E-state index in [-0.39, 0.29) is 0 Å². The van der Waals surface area contributed by atoms with Gasteiger partial charge in [-0.1, -0.05) is 47.5 Å². The van der Waals surface area contributed by atoms with Gasteiger partial charge >= 0.3 is 0 Å². The Bertz CT molecular complexity index is 900. The largest absolute Gasteiger partial charge is 0.372 e. The number of halogens is 2. The molecule has 22 heavy (non-hydrogen) atoms. The van der Waals surface area contributed by atoms with Crippen molar-refractivity contribution in [3.05, 3.63) is 69.2 Å². The van der Waals surface area contributed by atoms with Gasteiger partial charge < -0.3 is 4.74 Å². The van der Waals surface area contributed by atoms with Gasteiger partial charge in [-0.05, 0) is 58.3 Å². The highest BCUT2D eigenvalue weighted by Gasteiger charge is 2.21. The Morgan fingerprint density at radius 1 is 0.955 bits per heavy atom. The lowest BCUT2D eigenvalue weighted by atomic mass is 9.89. The molecular weight excluding hydrogens is 315 g/mol. The van der Waals surface area contributed by atoms with Crippen molar-refractivity contribution in [2.45, 2.75) is 20.1 Å². The van der Waals surface area contributed by atoms with Gasteiger partial charge in [-0.15, -0.1) is 0 Å². The van der Waals surface area contributed by atoms with E-state index in [1.807, 2.05) is 6.07 Å². The molecule has 1 nitrogen and oxygen atoms in total. The van der Waals surface area contributed by atoms with Crippen LogP contribution in [0.4, 0.5) is 0 Å². The second-order valence-corrected chi connectivity index (χ2v) is 6.52. The molecule has 1 aliphatic rings. The highest BCUT2D eigenvalue weighted by molar-refractivity contribution is 6.39. The van der Waals surface area contributed by atoms with Crippen molar-refractivity contribution in [3.8, 4) is 11.1 Å². The van der Waals surface area contributed by atoms with Gasteiger partial charge in [0.2, 0.25) is 0 Å². The predicted molar refractivity (Wildman–Crippen MR) is 92.6 cm³/mol. The van der Waals surface area contributed by atoms with Crippen LogP contribution >= 0.6 is 23.2 Å². The van der Waals surface area contributed by atoms with Crippen LogP contribution in [-0.4, -0.2) is 0 Å². The van der Waals surface area contributed by atoms with Crippen molar-refractivity contribution in [2.75, 3.05) is 0 Å². The summed E-state index contributed by atoms with van der Waals surface area (Å²) in [4.78, 5) is 0. The number of benzene rings is 3. The molecule has 0 spiro atoms. The van der Waals surface area contributed by atoms with Crippen molar-refractivity contribution >= 4 is 34.0 Å². The third-order valence-electron chi connectivity index (χ3n) is 4.29. The Balaban J connectivity index is 2.18. The van der Waals surface area contributed by atoms with Crippen LogP contribution in [0.3, 0.4) is 0 Å². The van der Waals surface area contributed by atoms with Gasteiger partial charge in [-0.3, -0.25) is 0 Å². The second kappa shape index (κ2) is 5.27. The molecular formula is C19H14Cl2O. The van der Waals surface area contributed by atoms with E-state index in [0.717, 1.165) is 10.8 Å². The second-order valence-electron chi connectivity index (χ2n) is 5.68. The van der Waals surface area contributed by atoms with Crippen LogP contribution in [0, 0.1) is 6.92 Å². The van der Waals surface area contributed by atoms with E-state index in [4.69, 9.17) is 27.9 Å². The third-order valence-corrected chi connectivity index (χ3v) is 4.82. The summed E-state index contributed by atoms with van der Waals surface area (Å²) < 4.78 is 5.68. The summed E-state index contributed by atoms with van der Waals surface area (Å²) in [5.41, 5.74) is 6.12. The zero-order valence-corrected chi connectivity index (χ0v) is 13.6. The minimum Gasteiger partial charge on any atom is -0.372 e. The van der Waals surface area contributed by atoms with Gasteiger partial charge in [0, 0.05) is 15.4 Å². The third kappa shape index (κ3) is 2.13. The molecule has 1 heterocycles. The zero-order valence-electron chi connectivity index (χ0n) is 12.1. The van der Waals surface area contributed by atoms with E-state index < -0.39 is 0 Å². The molecule has 3 aromatic rings. The van der Waals surface area contributed by atoms with Gasteiger partial charge in [-0.25, -0.2) is 0 Å². The van der Waals surface area contributed by atoms with Crippen LogP contribution < -0.4 is 0 Å². The highest BCUT2D eigenvalue weighted by Crippen LogP contribution is 2.42. The van der Waals surface area contributed by atoms with Gasteiger partial charge in [-0.2, -0.15) is 0 Å². The summed E-state index contributed by atoms with van der Waals surface area (Å²) in [6.45, 7) is 3.41. The predicted octanol–water partition coefficient (Wildman–Crippen LogP) is 6.15. The van der Waals surface area contributed by atoms with Crippen molar-refractivity contribution in [3.63, 3.8) is 0 Å².